The normalized spacial score (nSPS) is 10.9. The summed E-state index contributed by atoms with van der Waals surface area (Å²) in [5.41, 5.74) is 1.08. The van der Waals surface area contributed by atoms with Gasteiger partial charge in [0.05, 0.1) is 29.1 Å². The predicted octanol–water partition coefficient (Wildman–Crippen LogP) is 4.98. The minimum Gasteiger partial charge on any atom is -0.494 e. The maximum atomic E-state index is 13.9. The smallest absolute Gasteiger partial charge is 0.276 e. The van der Waals surface area contributed by atoms with Crippen molar-refractivity contribution >= 4 is 56.5 Å². The number of thioether (sulfide) groups is 1. The molecule has 2 aromatic heterocycles. The topological polar surface area (TPSA) is 73.2 Å². The van der Waals surface area contributed by atoms with Crippen LogP contribution in [-0.2, 0) is 4.79 Å². The van der Waals surface area contributed by atoms with Crippen molar-refractivity contribution in [3.8, 4) is 11.4 Å². The third kappa shape index (κ3) is 4.43. The first-order valence-corrected chi connectivity index (χ1v) is 11.2. The van der Waals surface area contributed by atoms with Gasteiger partial charge in [-0.25, -0.2) is 9.37 Å². The molecule has 0 aliphatic rings. The molecule has 0 aliphatic carbocycles. The lowest BCUT2D eigenvalue weighted by atomic mass is 10.3. The van der Waals surface area contributed by atoms with E-state index in [9.17, 15) is 14.0 Å². The molecule has 0 saturated carbocycles. The molecule has 10 heteroatoms. The zero-order chi connectivity index (χ0) is 22.0. The molecule has 158 valence electrons. The highest BCUT2D eigenvalue weighted by molar-refractivity contribution is 7.99. The van der Waals surface area contributed by atoms with E-state index in [1.54, 1.807) is 41.8 Å². The van der Waals surface area contributed by atoms with Crippen molar-refractivity contribution in [3.05, 3.63) is 75.1 Å². The summed E-state index contributed by atoms with van der Waals surface area (Å²) in [5.74, 6) is -0.908. The fraction of sp³-hybridized carbons (Fsp3) is 0.0952. The van der Waals surface area contributed by atoms with E-state index in [2.05, 4.69) is 10.3 Å². The molecule has 0 bridgehead atoms. The van der Waals surface area contributed by atoms with Crippen LogP contribution in [0.15, 0.2) is 63.9 Å². The van der Waals surface area contributed by atoms with Crippen molar-refractivity contribution in [1.82, 2.24) is 9.55 Å². The minimum absolute atomic E-state index is 0.0415. The maximum Gasteiger partial charge on any atom is 0.276 e. The second kappa shape index (κ2) is 9.09. The van der Waals surface area contributed by atoms with Gasteiger partial charge >= 0.3 is 0 Å². The Hall–Kier alpha value is -2.88. The Morgan fingerprint density at radius 1 is 1.29 bits per heavy atom. The summed E-state index contributed by atoms with van der Waals surface area (Å²) in [6.07, 6.45) is 0. The van der Waals surface area contributed by atoms with Gasteiger partial charge in [0.15, 0.2) is 16.7 Å². The molecular weight excluding hydrogens is 461 g/mol. The van der Waals surface area contributed by atoms with E-state index in [0.29, 0.717) is 31.8 Å². The lowest BCUT2D eigenvalue weighted by Crippen LogP contribution is -2.22. The molecule has 0 saturated heterocycles. The standard InChI is InChI=1S/C21H15ClFN3O3S2/c1-29-17-7-6-12(10-14(17)23)24-18(27)11-31-21-25-15-8-9-30-19(15)20(28)26(21)16-5-3-2-4-13(16)22/h2-10H,11H2,1H3,(H,24,27). The van der Waals surface area contributed by atoms with Crippen LogP contribution in [0.2, 0.25) is 5.02 Å². The molecule has 6 nitrogen and oxygen atoms in total. The number of carbonyl (C=O) groups excluding carboxylic acids is 1. The van der Waals surface area contributed by atoms with Crippen molar-refractivity contribution in [1.29, 1.82) is 0 Å². The summed E-state index contributed by atoms with van der Waals surface area (Å²) >= 11 is 8.70. The molecule has 1 N–H and O–H groups in total. The highest BCUT2D eigenvalue weighted by Gasteiger charge is 2.17. The van der Waals surface area contributed by atoms with Crippen LogP contribution in [0.3, 0.4) is 0 Å². The zero-order valence-corrected chi connectivity index (χ0v) is 18.5. The number of nitrogens with one attached hydrogen (secondary N) is 1. The van der Waals surface area contributed by atoms with Gasteiger partial charge in [0, 0.05) is 11.8 Å². The van der Waals surface area contributed by atoms with Gasteiger partial charge in [0.25, 0.3) is 5.56 Å². The number of para-hydroxylation sites is 1. The average Bonchev–Trinajstić information content (AvgIpc) is 3.22. The number of halogens is 2. The fourth-order valence-corrected chi connectivity index (χ4v) is 4.69. The van der Waals surface area contributed by atoms with Gasteiger partial charge < -0.3 is 10.1 Å². The highest BCUT2D eigenvalue weighted by atomic mass is 35.5. The van der Waals surface area contributed by atoms with Crippen LogP contribution in [0, 0.1) is 5.82 Å². The summed E-state index contributed by atoms with van der Waals surface area (Å²) in [4.78, 5) is 30.1. The molecule has 2 heterocycles. The van der Waals surface area contributed by atoms with E-state index in [0.717, 1.165) is 11.8 Å². The average molecular weight is 476 g/mol. The zero-order valence-electron chi connectivity index (χ0n) is 16.1. The van der Waals surface area contributed by atoms with Crippen LogP contribution in [0.5, 0.6) is 5.75 Å². The van der Waals surface area contributed by atoms with Crippen molar-refractivity contribution in [2.45, 2.75) is 5.16 Å². The maximum absolute atomic E-state index is 13.9. The molecule has 31 heavy (non-hydrogen) atoms. The third-order valence-electron chi connectivity index (χ3n) is 4.31. The molecule has 0 aliphatic heterocycles. The van der Waals surface area contributed by atoms with Gasteiger partial charge in [0.2, 0.25) is 5.91 Å². The van der Waals surface area contributed by atoms with Crippen molar-refractivity contribution in [3.63, 3.8) is 0 Å². The van der Waals surface area contributed by atoms with E-state index < -0.39 is 5.82 Å². The molecule has 4 rings (SSSR count). The van der Waals surface area contributed by atoms with Crippen LogP contribution >= 0.6 is 34.7 Å². The SMILES string of the molecule is COc1ccc(NC(=O)CSc2nc3ccsc3c(=O)n2-c2ccccc2Cl)cc1F. The Kier molecular flexibility index (Phi) is 6.26. The Morgan fingerprint density at radius 3 is 2.84 bits per heavy atom. The van der Waals surface area contributed by atoms with Crippen LogP contribution in [0.25, 0.3) is 15.9 Å². The number of methoxy groups -OCH3 is 1. The molecule has 0 atom stereocenters. The second-order valence-corrected chi connectivity index (χ2v) is 8.57. The van der Waals surface area contributed by atoms with Gasteiger partial charge in [-0.1, -0.05) is 35.5 Å². The van der Waals surface area contributed by atoms with Crippen LogP contribution < -0.4 is 15.6 Å². The van der Waals surface area contributed by atoms with Gasteiger partial charge in [-0.05, 0) is 35.7 Å². The summed E-state index contributed by atoms with van der Waals surface area (Å²) in [6.45, 7) is 0. The molecule has 4 aromatic rings. The number of thiophene rings is 1. The predicted molar refractivity (Wildman–Crippen MR) is 123 cm³/mol. The number of hydrogen-bond acceptors (Lipinski definition) is 6. The summed E-state index contributed by atoms with van der Waals surface area (Å²) in [7, 11) is 1.36. The summed E-state index contributed by atoms with van der Waals surface area (Å²) in [6, 6.07) is 12.8. The second-order valence-electron chi connectivity index (χ2n) is 6.31. The number of nitrogens with zero attached hydrogens (tertiary/aromatic N) is 2. The Balaban J connectivity index is 1.61. The van der Waals surface area contributed by atoms with E-state index in [1.807, 2.05) is 0 Å². The van der Waals surface area contributed by atoms with Gasteiger partial charge in [-0.2, -0.15) is 0 Å². The van der Waals surface area contributed by atoms with Crippen molar-refractivity contribution in [2.24, 2.45) is 0 Å². The number of aromatic nitrogens is 2. The monoisotopic (exact) mass is 475 g/mol. The largest absolute Gasteiger partial charge is 0.494 e. The lowest BCUT2D eigenvalue weighted by Gasteiger charge is -2.13. The molecule has 2 aromatic carbocycles. The first-order chi connectivity index (χ1) is 15.0. The Labute approximate surface area is 189 Å². The Morgan fingerprint density at radius 2 is 2.10 bits per heavy atom. The molecule has 1 amide bonds. The number of rotatable bonds is 6. The summed E-state index contributed by atoms with van der Waals surface area (Å²) in [5, 5.41) is 5.14. The molecule has 0 spiro atoms. The van der Waals surface area contributed by atoms with Crippen molar-refractivity contribution < 1.29 is 13.9 Å². The molecular formula is C21H15ClFN3O3S2. The molecule has 0 unspecified atom stereocenters. The Bertz CT molecular complexity index is 1340. The van der Waals surface area contributed by atoms with Crippen LogP contribution in [0.1, 0.15) is 0 Å². The van der Waals surface area contributed by atoms with E-state index in [4.69, 9.17) is 16.3 Å². The first-order valence-electron chi connectivity index (χ1n) is 8.99. The number of benzene rings is 2. The van der Waals surface area contributed by atoms with Crippen molar-refractivity contribution in [2.75, 3.05) is 18.2 Å². The van der Waals surface area contributed by atoms with Gasteiger partial charge in [0.1, 0.15) is 4.70 Å². The number of ether oxygens (including phenoxy) is 1. The van der Waals surface area contributed by atoms with Gasteiger partial charge in [-0.3, -0.25) is 14.2 Å². The van der Waals surface area contributed by atoms with Crippen LogP contribution in [-0.4, -0.2) is 28.3 Å². The number of hydrogen-bond donors (Lipinski definition) is 1. The quantitative estimate of drug-likeness (QED) is 0.314. The molecule has 0 fully saturated rings. The summed E-state index contributed by atoms with van der Waals surface area (Å²) < 4.78 is 20.6. The number of amides is 1. The van der Waals surface area contributed by atoms with Gasteiger partial charge in [-0.15, -0.1) is 11.3 Å². The minimum atomic E-state index is -0.579. The number of fused-ring (bicyclic) bond motifs is 1. The molecule has 0 radical (unpaired) electrons. The highest BCUT2D eigenvalue weighted by Crippen LogP contribution is 2.27. The van der Waals surface area contributed by atoms with E-state index >= 15 is 0 Å². The van der Waals surface area contributed by atoms with Crippen LogP contribution in [0.4, 0.5) is 10.1 Å². The lowest BCUT2D eigenvalue weighted by molar-refractivity contribution is -0.113. The van der Waals surface area contributed by atoms with E-state index in [1.165, 1.54) is 35.1 Å². The number of anilines is 1. The van der Waals surface area contributed by atoms with E-state index in [-0.39, 0.29) is 23.0 Å². The number of carbonyl (C=O) groups is 1. The fourth-order valence-electron chi connectivity index (χ4n) is 2.91. The third-order valence-corrected chi connectivity index (χ3v) is 6.46. The first kappa shape index (κ1) is 21.4.